The molecule has 342 valence electrons. The minimum absolute atomic E-state index is 0.137. The van der Waals surface area contributed by atoms with Crippen LogP contribution in [-0.2, 0) is 0 Å². The van der Waals surface area contributed by atoms with E-state index >= 15 is 0 Å². The van der Waals surface area contributed by atoms with Gasteiger partial charge in [-0.15, -0.1) is 0 Å². The summed E-state index contributed by atoms with van der Waals surface area (Å²) in [6.07, 6.45) is 0. The molecule has 2 aliphatic rings. The molecule has 0 spiro atoms. The van der Waals surface area contributed by atoms with Crippen molar-refractivity contribution in [2.45, 2.75) is 6.92 Å². The first-order valence-electron chi connectivity index (χ1n) is 25.4. The predicted octanol–water partition coefficient (Wildman–Crippen LogP) is 15.7. The molecule has 11 aromatic carbocycles. The van der Waals surface area contributed by atoms with E-state index in [1.54, 1.807) is 0 Å². The van der Waals surface area contributed by atoms with Crippen molar-refractivity contribution in [3.63, 3.8) is 0 Å². The van der Waals surface area contributed by atoms with Crippen molar-refractivity contribution in [3.05, 3.63) is 218 Å². The Kier molecular flexibility index (Phi) is 7.28. The zero-order chi connectivity index (χ0) is 48.1. The van der Waals surface area contributed by atoms with Gasteiger partial charge in [0.1, 0.15) is 33.8 Å². The maximum Gasteiger partial charge on any atom is 0.256 e. The monoisotopic (exact) mass is 943 g/mol. The van der Waals surface area contributed by atoms with Crippen LogP contribution in [0.25, 0.3) is 137 Å². The normalized spacial score (nSPS) is 13.0. The fourth-order valence-corrected chi connectivity index (χ4v) is 13.5. The van der Waals surface area contributed by atoms with Crippen molar-refractivity contribution in [3.8, 4) is 39.7 Å². The van der Waals surface area contributed by atoms with Gasteiger partial charge in [-0.25, -0.2) is 0 Å². The van der Waals surface area contributed by atoms with E-state index in [0.717, 1.165) is 111 Å². The van der Waals surface area contributed by atoms with E-state index < -0.39 is 0 Å². The number of aromatic nitrogens is 3. The third-order valence-corrected chi connectivity index (χ3v) is 16.5. The number of para-hydroxylation sites is 4. The molecular weight excluding hydrogens is 906 g/mol. The van der Waals surface area contributed by atoms with Crippen molar-refractivity contribution >= 4 is 132 Å². The Hall–Kier alpha value is -9.72. The summed E-state index contributed by atoms with van der Waals surface area (Å²) in [5, 5.41) is 11.3. The zero-order valence-electron chi connectivity index (χ0n) is 39.9. The van der Waals surface area contributed by atoms with Gasteiger partial charge in [-0.1, -0.05) is 121 Å². The number of aryl methyl sites for hydroxylation is 1. The van der Waals surface area contributed by atoms with E-state index in [9.17, 15) is 0 Å². The Morgan fingerprint density at radius 1 is 0.365 bits per heavy atom. The lowest BCUT2D eigenvalue weighted by Gasteiger charge is -2.34. The number of hydrogen-bond acceptors (Lipinski definition) is 3. The molecule has 7 heteroatoms. The van der Waals surface area contributed by atoms with Crippen LogP contribution in [0.15, 0.2) is 221 Å². The topological polar surface area (TPSA) is 50.3 Å². The summed E-state index contributed by atoms with van der Waals surface area (Å²) < 4.78 is 28.8. The highest BCUT2D eigenvalue weighted by atomic mass is 16.5. The van der Waals surface area contributed by atoms with Crippen molar-refractivity contribution in [1.82, 2.24) is 13.7 Å². The minimum atomic E-state index is -0.137. The first kappa shape index (κ1) is 39.0. The van der Waals surface area contributed by atoms with Gasteiger partial charge in [-0.3, -0.25) is 0 Å². The summed E-state index contributed by atoms with van der Waals surface area (Å²) in [7, 11) is 0. The van der Waals surface area contributed by atoms with Gasteiger partial charge in [0.25, 0.3) is 6.71 Å². The Balaban J connectivity index is 0.973. The van der Waals surface area contributed by atoms with E-state index in [-0.39, 0.29) is 6.71 Å². The number of benzene rings is 11. The fourth-order valence-electron chi connectivity index (χ4n) is 13.5. The summed E-state index contributed by atoms with van der Waals surface area (Å²) in [6.45, 7) is 2.03. The maximum absolute atomic E-state index is 7.30. The van der Waals surface area contributed by atoms with E-state index in [4.69, 9.17) is 13.6 Å². The first-order valence-corrected chi connectivity index (χ1v) is 25.4. The molecule has 0 saturated heterocycles. The van der Waals surface area contributed by atoms with E-state index in [1.165, 1.54) is 60.1 Å². The molecule has 16 aromatic rings. The largest absolute Gasteiger partial charge is 0.458 e. The van der Waals surface area contributed by atoms with Gasteiger partial charge in [0.2, 0.25) is 0 Å². The fraction of sp³-hybridized carbons (Fsp3) is 0.0149. The van der Waals surface area contributed by atoms with Gasteiger partial charge < -0.3 is 27.3 Å². The molecule has 2 aliphatic heterocycles. The molecule has 18 rings (SSSR count). The van der Waals surface area contributed by atoms with Crippen LogP contribution in [0.3, 0.4) is 0 Å². The van der Waals surface area contributed by atoms with Crippen molar-refractivity contribution < 1.29 is 13.6 Å². The van der Waals surface area contributed by atoms with Crippen LogP contribution in [0, 0.1) is 6.92 Å². The molecule has 0 amide bonds. The van der Waals surface area contributed by atoms with Crippen LogP contribution in [0.2, 0.25) is 0 Å². The van der Waals surface area contributed by atoms with Crippen molar-refractivity contribution in [2.24, 2.45) is 0 Å². The summed E-state index contributed by atoms with van der Waals surface area (Å²) in [4.78, 5) is 0. The van der Waals surface area contributed by atoms with Gasteiger partial charge in [-0.2, -0.15) is 0 Å². The van der Waals surface area contributed by atoms with Crippen LogP contribution >= 0.6 is 0 Å². The van der Waals surface area contributed by atoms with Crippen LogP contribution in [0.1, 0.15) is 5.56 Å². The Labute approximate surface area is 422 Å². The van der Waals surface area contributed by atoms with Gasteiger partial charge >= 0.3 is 0 Å². The number of furan rings is 2. The third-order valence-electron chi connectivity index (χ3n) is 16.5. The molecule has 0 fully saturated rings. The molecule has 6 nitrogen and oxygen atoms in total. The number of hydrogen-bond donors (Lipinski definition) is 0. The lowest BCUT2D eigenvalue weighted by atomic mass is 9.34. The average Bonchev–Trinajstić information content (AvgIpc) is 4.37. The second kappa shape index (κ2) is 13.8. The van der Waals surface area contributed by atoms with Crippen LogP contribution < -0.4 is 21.1 Å². The Morgan fingerprint density at radius 2 is 0.932 bits per heavy atom. The van der Waals surface area contributed by atoms with Crippen molar-refractivity contribution in [1.29, 1.82) is 0 Å². The smallest absolute Gasteiger partial charge is 0.256 e. The molecule has 7 heterocycles. The predicted molar refractivity (Wildman–Crippen MR) is 305 cm³/mol. The van der Waals surface area contributed by atoms with E-state index in [2.05, 4.69) is 233 Å². The Morgan fingerprint density at radius 3 is 1.55 bits per heavy atom. The molecule has 0 N–H and O–H groups in total. The number of fused-ring (bicyclic) bond motifs is 21. The standard InChI is InChI=1S/C67H38BN3O3/c1-37-31-57-64-61(32-37)72-60-28-23-39(38-13-3-2-4-14-38)33-50(60)68(64)51-36-49-48-35-41(70-54-21-11-7-17-44(54)45-18-8-12-22-55(45)70)25-30-59(48)74-67(49)63-62-56(71(57)65(51)63)27-26-46-47-34-40(24-29-58(47)73-66(46)62)69-52-19-9-5-15-42(52)43-16-6-10-20-53(43)69/h2-36H,1H3. The molecule has 0 aliphatic carbocycles. The van der Waals surface area contributed by atoms with Crippen molar-refractivity contribution in [2.75, 3.05) is 0 Å². The number of ether oxygens (including phenoxy) is 1. The molecule has 0 radical (unpaired) electrons. The number of nitrogens with zero attached hydrogens (tertiary/aromatic N) is 3. The quantitative estimate of drug-likeness (QED) is 0.166. The molecular formula is C67H38BN3O3. The summed E-state index contributed by atoms with van der Waals surface area (Å²) in [5.41, 5.74) is 20.5. The number of rotatable bonds is 3. The molecule has 5 aromatic heterocycles. The molecule has 0 atom stereocenters. The highest BCUT2D eigenvalue weighted by Crippen LogP contribution is 2.48. The highest BCUT2D eigenvalue weighted by molar-refractivity contribution is 6.99. The molecule has 0 bridgehead atoms. The van der Waals surface area contributed by atoms with Crippen LogP contribution in [0.4, 0.5) is 0 Å². The van der Waals surface area contributed by atoms with Gasteiger partial charge in [0, 0.05) is 60.2 Å². The van der Waals surface area contributed by atoms with Gasteiger partial charge in [0.15, 0.2) is 0 Å². The highest BCUT2D eigenvalue weighted by Gasteiger charge is 2.42. The zero-order valence-corrected chi connectivity index (χ0v) is 39.9. The van der Waals surface area contributed by atoms with E-state index in [1.807, 2.05) is 0 Å². The van der Waals surface area contributed by atoms with Crippen LogP contribution in [0.5, 0.6) is 11.5 Å². The molecule has 0 unspecified atom stereocenters. The first-order chi connectivity index (χ1) is 36.6. The lowest BCUT2D eigenvalue weighted by Crippen LogP contribution is -2.58. The SMILES string of the molecule is Cc1cc2c3c(c1)-n1c4ccc5c6cc(-n7c8ccccc8c8ccccc87)ccc6oc5c4c4c5oc6ccc(-n7c8ccccc8c8ccccc87)cc6c5cc(c41)B3c1cc(-c3ccccc3)ccc1O2. The summed E-state index contributed by atoms with van der Waals surface area (Å²) >= 11 is 0. The third kappa shape index (κ3) is 4.91. The second-order valence-electron chi connectivity index (χ2n) is 20.4. The average molecular weight is 944 g/mol. The summed E-state index contributed by atoms with van der Waals surface area (Å²) in [6, 6.07) is 77.1. The maximum atomic E-state index is 7.30. The molecule has 74 heavy (non-hydrogen) atoms. The van der Waals surface area contributed by atoms with Gasteiger partial charge in [0.05, 0.1) is 43.9 Å². The molecule has 0 saturated carbocycles. The summed E-state index contributed by atoms with van der Waals surface area (Å²) in [5.74, 6) is 1.76. The Bertz CT molecular complexity index is 5090. The van der Waals surface area contributed by atoms with Crippen LogP contribution in [-0.4, -0.2) is 20.4 Å². The van der Waals surface area contributed by atoms with E-state index in [0.29, 0.717) is 0 Å². The second-order valence-corrected chi connectivity index (χ2v) is 20.4. The minimum Gasteiger partial charge on any atom is -0.458 e. The lowest BCUT2D eigenvalue weighted by molar-refractivity contribution is 0.487. The van der Waals surface area contributed by atoms with Gasteiger partial charge in [-0.05, 0) is 131 Å².